The van der Waals surface area contributed by atoms with E-state index in [0.29, 0.717) is 0 Å². The van der Waals surface area contributed by atoms with Crippen LogP contribution in [-0.2, 0) is 0 Å². The fourth-order valence-corrected chi connectivity index (χ4v) is 20.2. The SMILES string of the molecule is CCN(CC)c1ccc(C(c2ccc(C)cc2)c2ccc(N(CC)CC)cc2C)c(C)c1.Cc1cccc(N(c2cccc(C)c2)c2ccc(-c3ccc(N(c4cccc(C)c4)c4cccc(C)c4)c(C)c3)cc2C)c1.c1ccc2c(c1)c1ccccc1n2-c1ccc(N(c2ccc(-n3c4ccccc4c4ccccc43)cc2)c2ccc(-n3c4ccccc4c4ccccc43)cc2)cc1. The third-order valence-electron chi connectivity index (χ3n) is 26.9. The molecule has 0 bridgehead atoms. The van der Waals surface area contributed by atoms with E-state index in [1.807, 2.05) is 0 Å². The van der Waals surface area contributed by atoms with E-state index in [2.05, 4.69) is 541 Å². The van der Waals surface area contributed by atoms with Crippen LogP contribution >= 0.6 is 0 Å². The van der Waals surface area contributed by atoms with Crippen molar-refractivity contribution in [1.29, 1.82) is 0 Å². The molecule has 0 amide bonds. The Hall–Kier alpha value is -15.6. The molecule has 18 aromatic carbocycles. The van der Waals surface area contributed by atoms with Crippen molar-refractivity contribution < 1.29 is 0 Å². The number of nitrogens with zero attached hydrogens (tertiary/aromatic N) is 8. The topological polar surface area (TPSA) is 31.0 Å². The van der Waals surface area contributed by atoms with Crippen LogP contribution in [-0.4, -0.2) is 39.9 Å². The van der Waals surface area contributed by atoms with Crippen LogP contribution in [0.4, 0.5) is 62.6 Å². The van der Waals surface area contributed by atoms with Gasteiger partial charge >= 0.3 is 0 Å². The highest BCUT2D eigenvalue weighted by atomic mass is 15.2. The largest absolute Gasteiger partial charge is 0.372 e. The molecule has 0 unspecified atom stereocenters. The van der Waals surface area contributed by atoms with E-state index in [1.54, 1.807) is 0 Å². The van der Waals surface area contributed by atoms with Crippen molar-refractivity contribution >= 4 is 128 Å². The number of aromatic nitrogens is 3. The molecule has 660 valence electrons. The highest BCUT2D eigenvalue weighted by molar-refractivity contribution is 6.11. The standard InChI is InChI=1S/C54H36N4.C42H40N2.C30H40N2/c1-7-19-49-43(13-1)44-14-2-8-20-50(44)56(49)40-31-25-37(26-32-40)55(38-27-33-41(34-28-38)57-51-21-9-3-15-45(51)46-16-4-10-22-52(46)57)39-29-35-42(36-30-39)58-53-23-11-5-17-47(53)48-18-6-12-24-54(48)58;1-29-11-7-15-37(23-29)43(38-16-8-12-30(2)24-38)41-21-19-35(27-33(41)5)36-20-22-42(34(6)28-36)44(39-17-9-13-31(3)25-39)40-18-10-14-32(4)26-40;1-8-31(9-2)26-16-18-28(23(6)20-26)30(25-14-12-22(5)13-15-25)29-19-17-27(21-24(29)7)32(10-3)11-4/h1-36H;7-28H,1-6H3;12-21,30H,8-11H2,1-7H3. The van der Waals surface area contributed by atoms with Gasteiger partial charge in [-0.25, -0.2) is 0 Å². The summed E-state index contributed by atoms with van der Waals surface area (Å²) in [6.45, 7) is 32.8. The summed E-state index contributed by atoms with van der Waals surface area (Å²) in [6.07, 6.45) is 0. The maximum absolute atomic E-state index is 2.42. The number of hydrogen-bond acceptors (Lipinski definition) is 5. The molecule has 8 heteroatoms. The van der Waals surface area contributed by atoms with Crippen LogP contribution < -0.4 is 24.5 Å². The molecule has 0 saturated heterocycles. The van der Waals surface area contributed by atoms with Crippen molar-refractivity contribution in [3.63, 3.8) is 0 Å². The van der Waals surface area contributed by atoms with Crippen LogP contribution in [0.3, 0.4) is 0 Å². The van der Waals surface area contributed by atoms with Gasteiger partial charge in [0.15, 0.2) is 0 Å². The molecule has 3 heterocycles. The van der Waals surface area contributed by atoms with Crippen molar-refractivity contribution in [2.24, 2.45) is 0 Å². The minimum Gasteiger partial charge on any atom is -0.372 e. The minimum atomic E-state index is 0.229. The fourth-order valence-electron chi connectivity index (χ4n) is 20.2. The molecule has 0 aliphatic rings. The van der Waals surface area contributed by atoms with Gasteiger partial charge in [-0.3, -0.25) is 0 Å². The second kappa shape index (κ2) is 38.4. The van der Waals surface area contributed by atoms with Gasteiger partial charge in [-0.1, -0.05) is 212 Å². The maximum atomic E-state index is 2.42. The van der Waals surface area contributed by atoms with E-state index in [4.69, 9.17) is 0 Å². The zero-order chi connectivity index (χ0) is 92.2. The summed E-state index contributed by atoms with van der Waals surface area (Å²) in [5.74, 6) is 0.229. The van der Waals surface area contributed by atoms with Gasteiger partial charge in [-0.05, 0) is 369 Å². The summed E-state index contributed by atoms with van der Waals surface area (Å²) < 4.78 is 7.12. The Morgan fingerprint density at radius 2 is 0.470 bits per heavy atom. The number of fused-ring (bicyclic) bond motifs is 9. The monoisotopic (exact) mass is 1740 g/mol. The molecule has 134 heavy (non-hydrogen) atoms. The first-order valence-electron chi connectivity index (χ1n) is 47.4. The van der Waals surface area contributed by atoms with Gasteiger partial charge < -0.3 is 38.2 Å². The first kappa shape index (κ1) is 87.7. The van der Waals surface area contributed by atoms with Crippen LogP contribution in [0.2, 0.25) is 0 Å². The molecule has 21 rings (SSSR count). The molecule has 0 N–H and O–H groups in total. The summed E-state index contributed by atoms with van der Waals surface area (Å²) in [4.78, 5) is 11.9. The van der Waals surface area contributed by atoms with Crippen molar-refractivity contribution in [3.8, 4) is 28.2 Å². The van der Waals surface area contributed by atoms with Gasteiger partial charge in [0.1, 0.15) is 0 Å². The number of rotatable bonds is 22. The third-order valence-corrected chi connectivity index (χ3v) is 26.9. The van der Waals surface area contributed by atoms with Crippen LogP contribution in [0.5, 0.6) is 0 Å². The van der Waals surface area contributed by atoms with Gasteiger partial charge in [-0.15, -0.1) is 0 Å². The average Bonchev–Trinajstić information content (AvgIpc) is 1.59. The van der Waals surface area contributed by atoms with E-state index < -0.39 is 0 Å². The third kappa shape index (κ3) is 17.4. The molecule has 8 nitrogen and oxygen atoms in total. The Morgan fingerprint density at radius 1 is 0.201 bits per heavy atom. The van der Waals surface area contributed by atoms with E-state index in [0.717, 1.165) is 60.3 Å². The number of aryl methyl sites for hydroxylation is 9. The molecule has 21 aromatic rings. The second-order valence-corrected chi connectivity index (χ2v) is 35.8. The van der Waals surface area contributed by atoms with Gasteiger partial charge in [0.2, 0.25) is 0 Å². The molecule has 0 fully saturated rings. The number of hydrogen-bond donors (Lipinski definition) is 0. The Morgan fingerprint density at radius 3 is 0.724 bits per heavy atom. The summed E-state index contributed by atoms with van der Waals surface area (Å²) in [5.41, 5.74) is 41.5. The number of anilines is 11. The first-order chi connectivity index (χ1) is 65.5. The lowest BCUT2D eigenvalue weighted by atomic mass is 9.81. The summed E-state index contributed by atoms with van der Waals surface area (Å²) in [7, 11) is 0. The molecule has 0 spiro atoms. The van der Waals surface area contributed by atoms with Crippen LogP contribution in [0, 0.1) is 62.3 Å². The van der Waals surface area contributed by atoms with E-state index in [-0.39, 0.29) is 5.92 Å². The molecular formula is C126H116N8. The predicted molar refractivity (Wildman–Crippen MR) is 575 cm³/mol. The lowest BCUT2D eigenvalue weighted by molar-refractivity contribution is 0.859. The smallest absolute Gasteiger partial charge is 0.0541 e. The minimum absolute atomic E-state index is 0.229. The Labute approximate surface area is 790 Å². The quantitative estimate of drug-likeness (QED) is 0.0631. The Bertz CT molecular complexity index is 6980. The van der Waals surface area contributed by atoms with Crippen molar-refractivity contribution in [3.05, 3.63) is 479 Å². The lowest BCUT2D eigenvalue weighted by Crippen LogP contribution is -2.22. The maximum Gasteiger partial charge on any atom is 0.0541 e. The molecule has 3 aromatic heterocycles. The van der Waals surface area contributed by atoms with Crippen LogP contribution in [0.1, 0.15) is 100 Å². The molecule has 0 aliphatic heterocycles. The molecule has 0 saturated carbocycles. The lowest BCUT2D eigenvalue weighted by Gasteiger charge is -2.28. The van der Waals surface area contributed by atoms with E-state index in [1.165, 1.54) is 189 Å². The predicted octanol–water partition coefficient (Wildman–Crippen LogP) is 34.1. The van der Waals surface area contributed by atoms with E-state index in [9.17, 15) is 0 Å². The normalized spacial score (nSPS) is 11.4. The number of benzene rings is 18. The Balaban J connectivity index is 0.000000136. The van der Waals surface area contributed by atoms with Crippen molar-refractivity contribution in [1.82, 2.24) is 13.7 Å². The van der Waals surface area contributed by atoms with Crippen LogP contribution in [0.25, 0.3) is 93.6 Å². The molecule has 0 atom stereocenters. The van der Waals surface area contributed by atoms with Crippen molar-refractivity contribution in [2.75, 3.05) is 50.7 Å². The van der Waals surface area contributed by atoms with Gasteiger partial charge in [0.25, 0.3) is 0 Å². The highest BCUT2D eigenvalue weighted by Crippen LogP contribution is 2.46. The van der Waals surface area contributed by atoms with Crippen LogP contribution in [0.15, 0.2) is 413 Å². The van der Waals surface area contributed by atoms with Gasteiger partial charge in [-0.2, -0.15) is 0 Å². The molecule has 0 aliphatic carbocycles. The highest BCUT2D eigenvalue weighted by Gasteiger charge is 2.26. The summed E-state index contributed by atoms with van der Waals surface area (Å²) in [6, 6.07) is 151. The fraction of sp³-hybridized carbons (Fsp3) is 0.143. The van der Waals surface area contributed by atoms with Gasteiger partial charge in [0, 0.05) is 144 Å². The molecule has 0 radical (unpaired) electrons. The second-order valence-electron chi connectivity index (χ2n) is 35.8. The number of para-hydroxylation sites is 6. The first-order valence-corrected chi connectivity index (χ1v) is 47.4. The van der Waals surface area contributed by atoms with Gasteiger partial charge in [0.05, 0.1) is 33.1 Å². The zero-order valence-corrected chi connectivity index (χ0v) is 79.2. The molecular weight excluding hydrogens is 1630 g/mol. The zero-order valence-electron chi connectivity index (χ0n) is 79.2. The summed E-state index contributed by atoms with van der Waals surface area (Å²) in [5, 5.41) is 7.56. The average molecular weight is 1740 g/mol. The van der Waals surface area contributed by atoms with E-state index >= 15 is 0 Å². The van der Waals surface area contributed by atoms with Crippen molar-refractivity contribution in [2.45, 2.75) is 95.9 Å². The Kier molecular flexibility index (Phi) is 25.1. The summed E-state index contributed by atoms with van der Waals surface area (Å²) >= 11 is 0.